The van der Waals surface area contributed by atoms with Gasteiger partial charge in [-0.3, -0.25) is 4.79 Å². The molecule has 1 aliphatic heterocycles. The molecule has 0 bridgehead atoms. The molecule has 0 spiro atoms. The summed E-state index contributed by atoms with van der Waals surface area (Å²) in [5, 5.41) is 3.28. The molecule has 1 heterocycles. The summed E-state index contributed by atoms with van der Waals surface area (Å²) in [6, 6.07) is 5.68. The normalized spacial score (nSPS) is 14.9. The van der Waals surface area contributed by atoms with Crippen molar-refractivity contribution < 1.29 is 14.3 Å². The summed E-state index contributed by atoms with van der Waals surface area (Å²) in [7, 11) is 1.60. The first-order chi connectivity index (χ1) is 9.70. The number of nitrogens with zero attached hydrogens (tertiary/aromatic N) is 1. The number of nitrogens with one attached hydrogen (secondary N) is 1. The smallest absolute Gasteiger partial charge is 0.260 e. The number of carbonyl (C=O) groups is 1. The van der Waals surface area contributed by atoms with Crippen LogP contribution in [0.3, 0.4) is 0 Å². The van der Waals surface area contributed by atoms with Crippen LogP contribution >= 0.6 is 12.4 Å². The van der Waals surface area contributed by atoms with Crippen molar-refractivity contribution in [1.29, 1.82) is 0 Å². The van der Waals surface area contributed by atoms with Crippen molar-refractivity contribution in [1.82, 2.24) is 10.2 Å². The van der Waals surface area contributed by atoms with E-state index in [1.165, 1.54) is 0 Å². The molecule has 21 heavy (non-hydrogen) atoms. The van der Waals surface area contributed by atoms with Crippen molar-refractivity contribution in [2.24, 2.45) is 0 Å². The maximum Gasteiger partial charge on any atom is 0.260 e. The summed E-state index contributed by atoms with van der Waals surface area (Å²) in [5.74, 6) is 1.30. The zero-order valence-electron chi connectivity index (χ0n) is 12.6. The van der Waals surface area contributed by atoms with Gasteiger partial charge in [-0.1, -0.05) is 6.07 Å². The van der Waals surface area contributed by atoms with Crippen LogP contribution in [-0.2, 0) is 4.79 Å². The van der Waals surface area contributed by atoms with Crippen LogP contribution in [-0.4, -0.2) is 50.7 Å². The molecule has 0 radical (unpaired) electrons. The molecule has 6 heteroatoms. The number of hydrogen-bond acceptors (Lipinski definition) is 4. The first-order valence-electron chi connectivity index (χ1n) is 6.96. The Morgan fingerprint density at radius 2 is 2.10 bits per heavy atom. The van der Waals surface area contributed by atoms with Crippen LogP contribution in [0.25, 0.3) is 0 Å². The summed E-state index contributed by atoms with van der Waals surface area (Å²) >= 11 is 0. The summed E-state index contributed by atoms with van der Waals surface area (Å²) in [4.78, 5) is 14.0. The van der Waals surface area contributed by atoms with Crippen molar-refractivity contribution in [3.8, 4) is 11.5 Å². The molecule has 2 rings (SSSR count). The van der Waals surface area contributed by atoms with E-state index in [1.54, 1.807) is 7.11 Å². The van der Waals surface area contributed by atoms with Crippen molar-refractivity contribution in [2.45, 2.75) is 13.3 Å². The van der Waals surface area contributed by atoms with Gasteiger partial charge in [0.25, 0.3) is 5.91 Å². The van der Waals surface area contributed by atoms with Crippen LogP contribution in [0.5, 0.6) is 11.5 Å². The zero-order chi connectivity index (χ0) is 14.4. The molecular weight excluding hydrogens is 292 g/mol. The standard InChI is InChI=1S/C15H22N2O3.ClH/c1-12-4-5-13(14(10-12)19-2)20-11-15(18)17-8-3-6-16-7-9-17;/h4-5,10,16H,3,6-9,11H2,1-2H3;1H. The number of amides is 1. The highest BCUT2D eigenvalue weighted by Gasteiger charge is 2.16. The van der Waals surface area contributed by atoms with E-state index in [9.17, 15) is 4.79 Å². The summed E-state index contributed by atoms with van der Waals surface area (Å²) in [6.45, 7) is 5.39. The van der Waals surface area contributed by atoms with Crippen LogP contribution < -0.4 is 14.8 Å². The van der Waals surface area contributed by atoms with E-state index in [0.29, 0.717) is 11.5 Å². The van der Waals surface area contributed by atoms with Gasteiger partial charge < -0.3 is 19.7 Å². The molecule has 5 nitrogen and oxygen atoms in total. The Balaban J connectivity index is 0.00000220. The van der Waals surface area contributed by atoms with E-state index in [1.807, 2.05) is 30.0 Å². The maximum absolute atomic E-state index is 12.1. The summed E-state index contributed by atoms with van der Waals surface area (Å²) in [5.41, 5.74) is 1.10. The molecule has 0 aromatic heterocycles. The minimum Gasteiger partial charge on any atom is -0.493 e. The van der Waals surface area contributed by atoms with Gasteiger partial charge in [-0.15, -0.1) is 12.4 Å². The van der Waals surface area contributed by atoms with Crippen LogP contribution in [0.15, 0.2) is 18.2 Å². The van der Waals surface area contributed by atoms with Crippen molar-refractivity contribution in [2.75, 3.05) is 39.9 Å². The molecule has 1 amide bonds. The van der Waals surface area contributed by atoms with Crippen LogP contribution in [0.4, 0.5) is 0 Å². The lowest BCUT2D eigenvalue weighted by atomic mass is 10.2. The predicted octanol–water partition coefficient (Wildman–Crippen LogP) is 1.63. The Morgan fingerprint density at radius 3 is 2.86 bits per heavy atom. The Kier molecular flexibility index (Phi) is 7.32. The highest BCUT2D eigenvalue weighted by atomic mass is 35.5. The van der Waals surface area contributed by atoms with Gasteiger partial charge in [-0.25, -0.2) is 0 Å². The van der Waals surface area contributed by atoms with Crippen LogP contribution in [0.1, 0.15) is 12.0 Å². The number of methoxy groups -OCH3 is 1. The number of aryl methyl sites for hydroxylation is 1. The van der Waals surface area contributed by atoms with Gasteiger partial charge in [0.2, 0.25) is 0 Å². The van der Waals surface area contributed by atoms with Crippen LogP contribution in [0.2, 0.25) is 0 Å². The predicted molar refractivity (Wildman–Crippen MR) is 84.5 cm³/mol. The molecule has 1 aromatic carbocycles. The lowest BCUT2D eigenvalue weighted by Gasteiger charge is -2.20. The molecule has 0 unspecified atom stereocenters. The molecule has 0 saturated carbocycles. The zero-order valence-corrected chi connectivity index (χ0v) is 13.4. The van der Waals surface area contributed by atoms with E-state index >= 15 is 0 Å². The van der Waals surface area contributed by atoms with Crippen molar-refractivity contribution in [3.05, 3.63) is 23.8 Å². The average molecular weight is 315 g/mol. The lowest BCUT2D eigenvalue weighted by Crippen LogP contribution is -2.37. The van der Waals surface area contributed by atoms with Gasteiger partial charge in [0.1, 0.15) is 0 Å². The molecule has 1 N–H and O–H groups in total. The van der Waals surface area contributed by atoms with Gasteiger partial charge in [-0.05, 0) is 37.6 Å². The van der Waals surface area contributed by atoms with E-state index in [-0.39, 0.29) is 24.9 Å². The first-order valence-corrected chi connectivity index (χ1v) is 6.96. The monoisotopic (exact) mass is 314 g/mol. The molecular formula is C15H23ClN2O3. The Labute approximate surface area is 132 Å². The topological polar surface area (TPSA) is 50.8 Å². The van der Waals surface area contributed by atoms with E-state index in [4.69, 9.17) is 9.47 Å². The molecule has 1 aliphatic rings. The fourth-order valence-electron chi connectivity index (χ4n) is 2.22. The Morgan fingerprint density at radius 1 is 1.29 bits per heavy atom. The Bertz CT molecular complexity index is 460. The maximum atomic E-state index is 12.1. The van der Waals surface area contributed by atoms with Crippen LogP contribution in [0, 0.1) is 6.92 Å². The second-order valence-electron chi connectivity index (χ2n) is 4.93. The second-order valence-corrected chi connectivity index (χ2v) is 4.93. The average Bonchev–Trinajstić information content (AvgIpc) is 2.74. The molecule has 118 valence electrons. The molecule has 1 saturated heterocycles. The number of benzene rings is 1. The SMILES string of the molecule is COc1cc(C)ccc1OCC(=O)N1CCCNCC1.Cl. The van der Waals surface area contributed by atoms with Crippen molar-refractivity contribution in [3.63, 3.8) is 0 Å². The number of carbonyl (C=O) groups excluding carboxylic acids is 1. The van der Waals surface area contributed by atoms with E-state index in [2.05, 4.69) is 5.32 Å². The minimum atomic E-state index is 0. The third-order valence-electron chi connectivity index (χ3n) is 3.36. The van der Waals surface area contributed by atoms with Gasteiger partial charge in [-0.2, -0.15) is 0 Å². The van der Waals surface area contributed by atoms with Gasteiger partial charge in [0.15, 0.2) is 18.1 Å². The largest absolute Gasteiger partial charge is 0.493 e. The summed E-state index contributed by atoms with van der Waals surface area (Å²) in [6.07, 6.45) is 0.986. The first kappa shape index (κ1) is 17.6. The highest BCUT2D eigenvalue weighted by molar-refractivity contribution is 5.85. The molecule has 1 aromatic rings. The fraction of sp³-hybridized carbons (Fsp3) is 0.533. The number of hydrogen-bond donors (Lipinski definition) is 1. The molecule has 0 aliphatic carbocycles. The van der Waals surface area contributed by atoms with Gasteiger partial charge >= 0.3 is 0 Å². The quantitative estimate of drug-likeness (QED) is 0.917. The second kappa shape index (κ2) is 8.74. The number of rotatable bonds is 4. The molecule has 0 atom stereocenters. The number of halogens is 1. The number of ether oxygens (including phenoxy) is 2. The van der Waals surface area contributed by atoms with Gasteiger partial charge in [0, 0.05) is 19.6 Å². The fourth-order valence-corrected chi connectivity index (χ4v) is 2.22. The minimum absolute atomic E-state index is 0. The van der Waals surface area contributed by atoms with E-state index in [0.717, 1.165) is 38.2 Å². The highest BCUT2D eigenvalue weighted by Crippen LogP contribution is 2.27. The lowest BCUT2D eigenvalue weighted by molar-refractivity contribution is -0.133. The Hall–Kier alpha value is -1.46. The summed E-state index contributed by atoms with van der Waals surface area (Å²) < 4.78 is 10.9. The third-order valence-corrected chi connectivity index (χ3v) is 3.36. The third kappa shape index (κ3) is 5.10. The molecule has 1 fully saturated rings. The van der Waals surface area contributed by atoms with E-state index < -0.39 is 0 Å². The van der Waals surface area contributed by atoms with Crippen molar-refractivity contribution >= 4 is 18.3 Å². The van der Waals surface area contributed by atoms with Gasteiger partial charge in [0.05, 0.1) is 7.11 Å².